The van der Waals surface area contributed by atoms with Crippen molar-refractivity contribution in [3.8, 4) is 0 Å². The van der Waals surface area contributed by atoms with Crippen molar-refractivity contribution in [3.63, 3.8) is 0 Å². The zero-order valence-electron chi connectivity index (χ0n) is 8.87. The number of rotatable bonds is 1. The fraction of sp³-hybridized carbons (Fsp3) is 0.231. The lowest BCUT2D eigenvalue weighted by Gasteiger charge is -2.07. The summed E-state index contributed by atoms with van der Waals surface area (Å²) in [5.41, 5.74) is 3.42. The molecule has 0 saturated heterocycles. The highest BCUT2D eigenvalue weighted by molar-refractivity contribution is 6.04. The highest BCUT2D eigenvalue weighted by atomic mass is 16.3. The third kappa shape index (κ3) is 1.11. The fourth-order valence-electron chi connectivity index (χ4n) is 2.15. The highest BCUT2D eigenvalue weighted by Crippen LogP contribution is 2.32. The van der Waals surface area contributed by atoms with E-state index in [1.807, 2.05) is 12.3 Å². The Morgan fingerprint density at radius 1 is 1.27 bits per heavy atom. The summed E-state index contributed by atoms with van der Waals surface area (Å²) in [5, 5.41) is 2.45. The van der Waals surface area contributed by atoms with Gasteiger partial charge in [-0.25, -0.2) is 0 Å². The summed E-state index contributed by atoms with van der Waals surface area (Å²) >= 11 is 0. The molecule has 0 spiro atoms. The number of hydrogen-bond donors (Lipinski definition) is 1. The van der Waals surface area contributed by atoms with Crippen molar-refractivity contribution >= 4 is 21.9 Å². The first-order chi connectivity index (χ1) is 7.27. The van der Waals surface area contributed by atoms with Crippen LogP contribution >= 0.6 is 0 Å². The average Bonchev–Trinajstić information content (AvgIpc) is 2.83. The van der Waals surface area contributed by atoms with E-state index in [1.165, 1.54) is 16.3 Å². The van der Waals surface area contributed by atoms with Gasteiger partial charge in [0.25, 0.3) is 0 Å². The van der Waals surface area contributed by atoms with Crippen molar-refractivity contribution in [3.05, 3.63) is 36.2 Å². The number of nitrogens with one attached hydrogen (secondary N) is 1. The average molecular weight is 199 g/mol. The molecular weight excluding hydrogens is 186 g/mol. The minimum Gasteiger partial charge on any atom is -0.462 e. The molecule has 0 aliphatic carbocycles. The van der Waals surface area contributed by atoms with Gasteiger partial charge in [0.1, 0.15) is 0 Å². The highest BCUT2D eigenvalue weighted by Gasteiger charge is 2.11. The zero-order chi connectivity index (χ0) is 10.4. The van der Waals surface area contributed by atoms with Crippen LogP contribution in [0.2, 0.25) is 0 Å². The smallest absolute Gasteiger partial charge is 0.158 e. The molecule has 0 unspecified atom stereocenters. The molecule has 0 aliphatic heterocycles. The van der Waals surface area contributed by atoms with Crippen LogP contribution in [-0.4, -0.2) is 4.98 Å². The summed E-state index contributed by atoms with van der Waals surface area (Å²) < 4.78 is 5.55. The van der Waals surface area contributed by atoms with Crippen LogP contribution < -0.4 is 0 Å². The van der Waals surface area contributed by atoms with Gasteiger partial charge in [0.05, 0.1) is 11.8 Å². The summed E-state index contributed by atoms with van der Waals surface area (Å²) in [6.07, 6.45) is 3.72. The molecule has 3 rings (SSSR count). The Balaban J connectivity index is 2.54. The van der Waals surface area contributed by atoms with Crippen LogP contribution in [0.5, 0.6) is 0 Å². The minimum atomic E-state index is 0.518. The fourth-order valence-corrected chi connectivity index (χ4v) is 2.15. The van der Waals surface area contributed by atoms with Crippen molar-refractivity contribution in [1.82, 2.24) is 4.98 Å². The Labute approximate surface area is 87.9 Å². The van der Waals surface area contributed by atoms with Gasteiger partial charge in [-0.15, -0.1) is 0 Å². The number of H-pyrrole nitrogens is 1. The van der Waals surface area contributed by atoms with Crippen LogP contribution in [0.25, 0.3) is 21.9 Å². The minimum absolute atomic E-state index is 0.518. The molecule has 0 atom stereocenters. The number of fused-ring (bicyclic) bond motifs is 3. The molecule has 0 fully saturated rings. The standard InChI is InChI=1S/C13H13NO/c1-8(2)11-7-9-3-5-14-12(9)13-10(11)4-6-15-13/h3-8,14H,1-2H3. The molecule has 1 N–H and O–H groups in total. The first kappa shape index (κ1) is 8.60. The second kappa shape index (κ2) is 2.89. The van der Waals surface area contributed by atoms with Gasteiger partial charge in [0.15, 0.2) is 5.58 Å². The van der Waals surface area contributed by atoms with Gasteiger partial charge < -0.3 is 9.40 Å². The predicted octanol–water partition coefficient (Wildman–Crippen LogP) is 4.04. The van der Waals surface area contributed by atoms with Gasteiger partial charge in [0, 0.05) is 17.0 Å². The third-order valence-electron chi connectivity index (χ3n) is 2.92. The quantitative estimate of drug-likeness (QED) is 0.629. The molecule has 2 heteroatoms. The topological polar surface area (TPSA) is 28.9 Å². The van der Waals surface area contributed by atoms with Crippen LogP contribution in [0.3, 0.4) is 0 Å². The van der Waals surface area contributed by atoms with E-state index in [1.54, 1.807) is 6.26 Å². The number of aromatic nitrogens is 1. The van der Waals surface area contributed by atoms with Gasteiger partial charge in [-0.05, 0) is 29.7 Å². The normalized spacial score (nSPS) is 11.9. The Morgan fingerprint density at radius 2 is 2.13 bits per heavy atom. The first-order valence-corrected chi connectivity index (χ1v) is 5.24. The maximum atomic E-state index is 5.55. The molecule has 0 bridgehead atoms. The van der Waals surface area contributed by atoms with E-state index in [0.717, 1.165) is 11.1 Å². The van der Waals surface area contributed by atoms with Crippen LogP contribution in [0.15, 0.2) is 35.1 Å². The lowest BCUT2D eigenvalue weighted by molar-refractivity contribution is 0.618. The molecule has 2 aromatic heterocycles. The van der Waals surface area contributed by atoms with Crippen LogP contribution in [0.1, 0.15) is 25.3 Å². The summed E-state index contributed by atoms with van der Waals surface area (Å²) in [7, 11) is 0. The van der Waals surface area contributed by atoms with Crippen molar-refractivity contribution in [2.75, 3.05) is 0 Å². The molecule has 0 radical (unpaired) electrons. The Bertz CT molecular complexity index is 616. The lowest BCUT2D eigenvalue weighted by atomic mass is 9.98. The predicted molar refractivity (Wildman–Crippen MR) is 62.2 cm³/mol. The SMILES string of the molecule is CC(C)c1cc2cc[nH]c2c2occc12. The summed E-state index contributed by atoms with van der Waals surface area (Å²) in [6, 6.07) is 6.38. The summed E-state index contributed by atoms with van der Waals surface area (Å²) in [4.78, 5) is 3.22. The molecule has 0 amide bonds. The molecule has 0 aliphatic rings. The number of aromatic amines is 1. The molecule has 0 saturated carbocycles. The Kier molecular flexibility index (Phi) is 1.66. The monoisotopic (exact) mass is 199 g/mol. The molecule has 1 aromatic carbocycles. The first-order valence-electron chi connectivity index (χ1n) is 5.24. The summed E-state index contributed by atoms with van der Waals surface area (Å²) in [6.45, 7) is 4.42. The van der Waals surface area contributed by atoms with Crippen molar-refractivity contribution < 1.29 is 4.42 Å². The maximum Gasteiger partial charge on any atom is 0.158 e. The number of hydrogen-bond acceptors (Lipinski definition) is 1. The van der Waals surface area contributed by atoms with E-state index in [9.17, 15) is 0 Å². The Hall–Kier alpha value is -1.70. The van der Waals surface area contributed by atoms with Crippen LogP contribution in [0.4, 0.5) is 0 Å². The molecule has 3 aromatic rings. The van der Waals surface area contributed by atoms with E-state index in [2.05, 4.69) is 31.0 Å². The Morgan fingerprint density at radius 3 is 2.93 bits per heavy atom. The van der Waals surface area contributed by atoms with Crippen LogP contribution in [-0.2, 0) is 0 Å². The van der Waals surface area contributed by atoms with E-state index < -0.39 is 0 Å². The molecule has 2 heterocycles. The van der Waals surface area contributed by atoms with Gasteiger partial charge >= 0.3 is 0 Å². The molecular formula is C13H13NO. The lowest BCUT2D eigenvalue weighted by Crippen LogP contribution is -1.87. The van der Waals surface area contributed by atoms with Crippen molar-refractivity contribution in [2.45, 2.75) is 19.8 Å². The van der Waals surface area contributed by atoms with Gasteiger partial charge in [-0.2, -0.15) is 0 Å². The van der Waals surface area contributed by atoms with E-state index in [-0.39, 0.29) is 0 Å². The zero-order valence-corrected chi connectivity index (χ0v) is 8.87. The van der Waals surface area contributed by atoms with E-state index in [4.69, 9.17) is 4.42 Å². The number of benzene rings is 1. The third-order valence-corrected chi connectivity index (χ3v) is 2.92. The van der Waals surface area contributed by atoms with Crippen molar-refractivity contribution in [2.24, 2.45) is 0 Å². The van der Waals surface area contributed by atoms with E-state index in [0.29, 0.717) is 5.92 Å². The molecule has 2 nitrogen and oxygen atoms in total. The van der Waals surface area contributed by atoms with Crippen molar-refractivity contribution in [1.29, 1.82) is 0 Å². The number of furan rings is 1. The largest absolute Gasteiger partial charge is 0.462 e. The second-order valence-electron chi connectivity index (χ2n) is 4.23. The van der Waals surface area contributed by atoms with Crippen LogP contribution in [0, 0.1) is 0 Å². The molecule has 15 heavy (non-hydrogen) atoms. The second-order valence-corrected chi connectivity index (χ2v) is 4.23. The van der Waals surface area contributed by atoms with Gasteiger partial charge in [-0.1, -0.05) is 13.8 Å². The van der Waals surface area contributed by atoms with E-state index >= 15 is 0 Å². The van der Waals surface area contributed by atoms with Gasteiger partial charge in [0.2, 0.25) is 0 Å². The summed E-state index contributed by atoms with van der Waals surface area (Å²) in [5.74, 6) is 0.518. The molecule has 76 valence electrons. The van der Waals surface area contributed by atoms with Gasteiger partial charge in [-0.3, -0.25) is 0 Å². The maximum absolute atomic E-state index is 5.55.